The second-order valence-electron chi connectivity index (χ2n) is 6.18. The van der Waals surface area contributed by atoms with Crippen molar-refractivity contribution in [1.29, 1.82) is 0 Å². The summed E-state index contributed by atoms with van der Waals surface area (Å²) in [5.74, 6) is 1.23. The summed E-state index contributed by atoms with van der Waals surface area (Å²) in [5, 5.41) is 12.1. The number of benzene rings is 1. The van der Waals surface area contributed by atoms with Crippen LogP contribution in [0.5, 0.6) is 0 Å². The van der Waals surface area contributed by atoms with Gasteiger partial charge in [-0.15, -0.1) is 0 Å². The molecule has 0 radical (unpaired) electrons. The van der Waals surface area contributed by atoms with E-state index in [1.807, 2.05) is 35.1 Å². The zero-order valence-corrected chi connectivity index (χ0v) is 13.6. The van der Waals surface area contributed by atoms with E-state index in [9.17, 15) is 0 Å². The molecule has 1 fully saturated rings. The zero-order valence-electron chi connectivity index (χ0n) is 13.6. The number of hydrogen-bond acceptors (Lipinski definition) is 5. The molecule has 1 N–H and O–H groups in total. The summed E-state index contributed by atoms with van der Waals surface area (Å²) in [7, 11) is 0. The molecule has 6 heteroatoms. The van der Waals surface area contributed by atoms with Gasteiger partial charge in [0.1, 0.15) is 0 Å². The normalized spacial score (nSPS) is 17.9. The summed E-state index contributed by atoms with van der Waals surface area (Å²) in [6.07, 6.45) is 6.01. The highest BCUT2D eigenvalue weighted by atomic mass is 16.5. The van der Waals surface area contributed by atoms with E-state index >= 15 is 0 Å². The predicted molar refractivity (Wildman–Crippen MR) is 90.5 cm³/mol. The molecule has 3 heterocycles. The molecular weight excluding hydrogens is 302 g/mol. The van der Waals surface area contributed by atoms with Gasteiger partial charge in [0.25, 0.3) is 5.89 Å². The fraction of sp³-hybridized carbons (Fsp3) is 0.389. The minimum atomic E-state index is 0.410. The van der Waals surface area contributed by atoms with Gasteiger partial charge in [-0.25, -0.2) is 0 Å². The minimum absolute atomic E-state index is 0.410. The van der Waals surface area contributed by atoms with Crippen LogP contribution in [0.25, 0.3) is 11.6 Å². The van der Waals surface area contributed by atoms with E-state index < -0.39 is 0 Å². The van der Waals surface area contributed by atoms with Crippen molar-refractivity contribution in [3.63, 3.8) is 0 Å². The van der Waals surface area contributed by atoms with E-state index in [0.717, 1.165) is 43.9 Å². The predicted octanol–water partition coefficient (Wildman–Crippen LogP) is 2.64. The third-order valence-corrected chi connectivity index (χ3v) is 4.42. The quantitative estimate of drug-likeness (QED) is 0.782. The molecule has 3 aromatic rings. The maximum absolute atomic E-state index is 5.39. The third kappa shape index (κ3) is 3.38. The molecular formula is C18H21N5O. The Balaban J connectivity index is 1.42. The number of nitrogens with zero attached hydrogens (tertiary/aromatic N) is 4. The maximum atomic E-state index is 5.39. The summed E-state index contributed by atoms with van der Waals surface area (Å²) in [6, 6.07) is 12.7. The highest BCUT2D eigenvalue weighted by Crippen LogP contribution is 2.20. The first-order chi connectivity index (χ1) is 11.9. The molecule has 1 unspecified atom stereocenters. The first-order valence-corrected chi connectivity index (χ1v) is 8.51. The monoisotopic (exact) mass is 323 g/mol. The van der Waals surface area contributed by atoms with Gasteiger partial charge < -0.3 is 9.84 Å². The summed E-state index contributed by atoms with van der Waals surface area (Å²) >= 11 is 0. The van der Waals surface area contributed by atoms with E-state index in [2.05, 4.69) is 32.7 Å². The van der Waals surface area contributed by atoms with Crippen LogP contribution in [-0.4, -0.2) is 33.0 Å². The van der Waals surface area contributed by atoms with Crippen molar-refractivity contribution in [2.24, 2.45) is 0 Å². The summed E-state index contributed by atoms with van der Waals surface area (Å²) in [6.45, 7) is 2.06. The third-order valence-electron chi connectivity index (χ3n) is 4.42. The molecule has 1 saturated heterocycles. The van der Waals surface area contributed by atoms with Crippen molar-refractivity contribution < 1.29 is 4.52 Å². The van der Waals surface area contributed by atoms with Crippen LogP contribution in [0.3, 0.4) is 0 Å². The molecule has 0 spiro atoms. The second-order valence-corrected chi connectivity index (χ2v) is 6.18. The molecule has 0 saturated carbocycles. The number of hydrogen-bond donors (Lipinski definition) is 1. The van der Waals surface area contributed by atoms with Gasteiger partial charge in [0, 0.05) is 19.2 Å². The highest BCUT2D eigenvalue weighted by molar-refractivity contribution is 5.45. The smallest absolute Gasteiger partial charge is 0.278 e. The Morgan fingerprint density at radius 1 is 1.17 bits per heavy atom. The van der Waals surface area contributed by atoms with E-state index in [4.69, 9.17) is 4.52 Å². The van der Waals surface area contributed by atoms with Gasteiger partial charge in [-0.1, -0.05) is 35.5 Å². The van der Waals surface area contributed by atoms with Crippen LogP contribution in [0.15, 0.2) is 47.1 Å². The number of nitrogens with one attached hydrogen (secondary N) is 1. The average molecular weight is 323 g/mol. The molecule has 1 aromatic carbocycles. The van der Waals surface area contributed by atoms with Gasteiger partial charge in [-0.3, -0.25) is 4.68 Å². The molecule has 1 aliphatic heterocycles. The highest BCUT2D eigenvalue weighted by Gasteiger charge is 2.18. The first-order valence-electron chi connectivity index (χ1n) is 8.51. The second kappa shape index (κ2) is 6.97. The molecule has 0 amide bonds. The number of aromatic nitrogens is 4. The van der Waals surface area contributed by atoms with Gasteiger partial charge in [-0.2, -0.15) is 10.1 Å². The van der Waals surface area contributed by atoms with Crippen molar-refractivity contribution in [3.05, 3.63) is 54.0 Å². The molecule has 0 bridgehead atoms. The lowest BCUT2D eigenvalue weighted by atomic mass is 10.1. The Hall–Kier alpha value is -2.47. The van der Waals surface area contributed by atoms with Gasteiger partial charge >= 0.3 is 0 Å². The van der Waals surface area contributed by atoms with Crippen LogP contribution in [0.1, 0.15) is 30.3 Å². The van der Waals surface area contributed by atoms with Crippen molar-refractivity contribution in [3.8, 4) is 11.6 Å². The first kappa shape index (κ1) is 15.1. The van der Waals surface area contributed by atoms with E-state index in [0.29, 0.717) is 11.9 Å². The Bertz CT molecular complexity index is 774. The standard InChI is InChI=1S/C18H21N5O/c1-2-5-14(6-3-1)8-9-17-20-18(24-22-17)16-10-12-23(21-16)15-7-4-11-19-13-15/h1-3,5-6,10,12,15,19H,4,7-9,11,13H2. The van der Waals surface area contributed by atoms with Gasteiger partial charge in [0.2, 0.25) is 0 Å². The van der Waals surface area contributed by atoms with E-state index in [1.165, 1.54) is 12.0 Å². The maximum Gasteiger partial charge on any atom is 0.278 e. The molecule has 6 nitrogen and oxygen atoms in total. The number of rotatable bonds is 5. The fourth-order valence-corrected chi connectivity index (χ4v) is 3.08. The summed E-state index contributed by atoms with van der Waals surface area (Å²) in [5.41, 5.74) is 2.02. The van der Waals surface area contributed by atoms with Crippen molar-refractivity contribution in [2.75, 3.05) is 13.1 Å². The lowest BCUT2D eigenvalue weighted by Crippen LogP contribution is -2.31. The van der Waals surface area contributed by atoms with Gasteiger partial charge in [0.05, 0.1) is 6.04 Å². The van der Waals surface area contributed by atoms with Crippen molar-refractivity contribution in [1.82, 2.24) is 25.2 Å². The van der Waals surface area contributed by atoms with Crippen LogP contribution < -0.4 is 5.32 Å². The lowest BCUT2D eigenvalue weighted by Gasteiger charge is -2.22. The minimum Gasteiger partial charge on any atom is -0.332 e. The Labute approximate surface area is 140 Å². The largest absolute Gasteiger partial charge is 0.332 e. The molecule has 24 heavy (non-hydrogen) atoms. The van der Waals surface area contributed by atoms with Crippen LogP contribution in [0.4, 0.5) is 0 Å². The van der Waals surface area contributed by atoms with Crippen molar-refractivity contribution >= 4 is 0 Å². The van der Waals surface area contributed by atoms with E-state index in [1.54, 1.807) is 0 Å². The topological polar surface area (TPSA) is 68.8 Å². The SMILES string of the molecule is c1ccc(CCc2noc(-c3ccn(C4CCCNC4)n3)n2)cc1. The van der Waals surface area contributed by atoms with Crippen LogP contribution in [0, 0.1) is 0 Å². The van der Waals surface area contributed by atoms with Crippen LogP contribution >= 0.6 is 0 Å². The van der Waals surface area contributed by atoms with Crippen molar-refractivity contribution in [2.45, 2.75) is 31.7 Å². The Kier molecular flexibility index (Phi) is 4.38. The lowest BCUT2D eigenvalue weighted by molar-refractivity contribution is 0.346. The molecule has 4 rings (SSSR count). The van der Waals surface area contributed by atoms with Crippen LogP contribution in [-0.2, 0) is 12.8 Å². The molecule has 0 aliphatic carbocycles. The molecule has 1 aliphatic rings. The fourth-order valence-electron chi connectivity index (χ4n) is 3.08. The molecule has 124 valence electrons. The number of aryl methyl sites for hydroxylation is 2. The Morgan fingerprint density at radius 3 is 2.92 bits per heavy atom. The molecule has 2 aromatic heterocycles. The van der Waals surface area contributed by atoms with Crippen LogP contribution in [0.2, 0.25) is 0 Å². The Morgan fingerprint density at radius 2 is 2.08 bits per heavy atom. The number of piperidine rings is 1. The summed E-state index contributed by atoms with van der Waals surface area (Å²) < 4.78 is 7.40. The molecule has 1 atom stereocenters. The van der Waals surface area contributed by atoms with Gasteiger partial charge in [-0.05, 0) is 37.4 Å². The van der Waals surface area contributed by atoms with Gasteiger partial charge in [0.15, 0.2) is 11.5 Å². The zero-order chi connectivity index (χ0) is 16.2. The average Bonchev–Trinajstić information content (AvgIpc) is 3.31. The summed E-state index contributed by atoms with van der Waals surface area (Å²) in [4.78, 5) is 4.48. The van der Waals surface area contributed by atoms with E-state index in [-0.39, 0.29) is 0 Å².